The van der Waals surface area contributed by atoms with Crippen LogP contribution in [0.15, 0.2) is 42.5 Å². The van der Waals surface area contributed by atoms with Crippen LogP contribution < -0.4 is 14.8 Å². The molecule has 0 radical (unpaired) electrons. The Bertz CT molecular complexity index is 1310. The molecule has 0 unspecified atom stereocenters. The number of fused-ring (bicyclic) bond motifs is 1. The molecule has 0 spiro atoms. The number of ether oxygens (including phenoxy) is 2. The van der Waals surface area contributed by atoms with Crippen LogP contribution in [0.25, 0.3) is 17.2 Å². The number of benzene rings is 2. The van der Waals surface area contributed by atoms with E-state index in [1.54, 1.807) is 36.9 Å². The highest BCUT2D eigenvalue weighted by Gasteiger charge is 2.18. The van der Waals surface area contributed by atoms with E-state index >= 15 is 0 Å². The molecule has 0 saturated heterocycles. The fourth-order valence-corrected chi connectivity index (χ4v) is 3.63. The van der Waals surface area contributed by atoms with Crippen LogP contribution in [0.2, 0.25) is 0 Å². The number of methoxy groups -OCH3 is 2. The van der Waals surface area contributed by atoms with Crippen molar-refractivity contribution in [1.82, 2.24) is 19.6 Å². The molecule has 32 heavy (non-hydrogen) atoms. The number of hydrogen-bond donors (Lipinski definition) is 1. The maximum atomic E-state index is 12.8. The zero-order chi connectivity index (χ0) is 22.8. The average Bonchev–Trinajstić information content (AvgIpc) is 3.21. The molecule has 0 fully saturated rings. The van der Waals surface area contributed by atoms with Crippen LogP contribution in [0, 0.1) is 20.8 Å². The Morgan fingerprint density at radius 1 is 1.03 bits per heavy atom. The van der Waals surface area contributed by atoms with Gasteiger partial charge in [-0.25, -0.2) is 9.50 Å². The first kappa shape index (κ1) is 21.3. The maximum absolute atomic E-state index is 12.8. The Hall–Kier alpha value is -3.94. The molecule has 0 aliphatic heterocycles. The Morgan fingerprint density at radius 3 is 2.56 bits per heavy atom. The summed E-state index contributed by atoms with van der Waals surface area (Å²) in [6.07, 6.45) is 0.148. The van der Waals surface area contributed by atoms with Gasteiger partial charge in [0.2, 0.25) is 5.91 Å². The second kappa shape index (κ2) is 8.66. The van der Waals surface area contributed by atoms with Gasteiger partial charge in [0.1, 0.15) is 11.5 Å². The lowest BCUT2D eigenvalue weighted by Gasteiger charge is -2.13. The number of anilines is 1. The monoisotopic (exact) mass is 431 g/mol. The Kier molecular flexibility index (Phi) is 5.77. The number of carbonyl (C=O) groups is 1. The zero-order valence-electron chi connectivity index (χ0n) is 18.8. The smallest absolute Gasteiger partial charge is 0.253 e. The summed E-state index contributed by atoms with van der Waals surface area (Å²) in [7, 11) is 3.13. The predicted octanol–water partition coefficient (Wildman–Crippen LogP) is 3.91. The fourth-order valence-electron chi connectivity index (χ4n) is 3.63. The summed E-state index contributed by atoms with van der Waals surface area (Å²) in [4.78, 5) is 22.0. The number of hydrogen-bond acceptors (Lipinski definition) is 6. The van der Waals surface area contributed by atoms with E-state index in [0.717, 1.165) is 28.1 Å². The first-order valence-corrected chi connectivity index (χ1v) is 10.2. The Labute approximate surface area is 186 Å². The molecule has 4 rings (SSSR count). The Morgan fingerprint density at radius 2 is 1.84 bits per heavy atom. The topological polar surface area (TPSA) is 90.6 Å². The first-order valence-electron chi connectivity index (χ1n) is 10.2. The third kappa shape index (κ3) is 4.12. The van der Waals surface area contributed by atoms with Crippen LogP contribution in [-0.4, -0.2) is 39.7 Å². The van der Waals surface area contributed by atoms with Crippen molar-refractivity contribution < 1.29 is 14.3 Å². The number of aromatic nitrogens is 4. The molecule has 0 saturated carbocycles. The van der Waals surface area contributed by atoms with E-state index in [2.05, 4.69) is 20.4 Å². The van der Waals surface area contributed by atoms with Crippen molar-refractivity contribution in [3.8, 4) is 22.9 Å². The third-order valence-electron chi connectivity index (χ3n) is 5.35. The van der Waals surface area contributed by atoms with Gasteiger partial charge in [0.15, 0.2) is 5.82 Å². The number of aryl methyl sites for hydroxylation is 3. The van der Waals surface area contributed by atoms with Gasteiger partial charge in [-0.3, -0.25) is 4.79 Å². The summed E-state index contributed by atoms with van der Waals surface area (Å²) in [6, 6.07) is 13.3. The van der Waals surface area contributed by atoms with Crippen LogP contribution in [0.3, 0.4) is 0 Å². The minimum atomic E-state index is -0.181. The minimum Gasteiger partial charge on any atom is -0.497 e. The van der Waals surface area contributed by atoms with Crippen molar-refractivity contribution in [2.75, 3.05) is 19.5 Å². The van der Waals surface area contributed by atoms with Gasteiger partial charge in [0, 0.05) is 28.6 Å². The molecule has 0 aliphatic carbocycles. The summed E-state index contributed by atoms with van der Waals surface area (Å²) in [5.74, 6) is 2.11. The van der Waals surface area contributed by atoms with E-state index in [1.165, 1.54) is 0 Å². The number of nitrogens with zero attached hydrogens (tertiary/aromatic N) is 4. The molecule has 0 atom stereocenters. The molecule has 0 aliphatic rings. The van der Waals surface area contributed by atoms with Crippen molar-refractivity contribution in [3.05, 3.63) is 65.0 Å². The zero-order valence-corrected chi connectivity index (χ0v) is 18.8. The first-order chi connectivity index (χ1) is 15.4. The highest BCUT2D eigenvalue weighted by atomic mass is 16.5. The molecular formula is C24H25N5O3. The number of nitrogens with one attached hydrogen (secondary N) is 1. The molecule has 2 aromatic carbocycles. The number of amides is 1. The van der Waals surface area contributed by atoms with E-state index in [1.807, 2.05) is 45.0 Å². The standard InChI is InChI=1S/C24H25N5O3/c1-14-7-6-8-17(11-14)23-27-24-25-15(2)19(16(3)29(24)28-23)13-22(30)26-20-10-9-18(31-4)12-21(20)32-5/h6-12H,13H2,1-5H3,(H,26,30). The second-order valence-electron chi connectivity index (χ2n) is 7.57. The molecule has 1 N–H and O–H groups in total. The summed E-state index contributed by atoms with van der Waals surface area (Å²) < 4.78 is 12.3. The van der Waals surface area contributed by atoms with Gasteiger partial charge in [-0.05, 0) is 39.0 Å². The van der Waals surface area contributed by atoms with Crippen LogP contribution in [0.4, 0.5) is 5.69 Å². The summed E-state index contributed by atoms with van der Waals surface area (Å²) in [6.45, 7) is 5.83. The lowest BCUT2D eigenvalue weighted by atomic mass is 10.1. The van der Waals surface area contributed by atoms with Crippen LogP contribution >= 0.6 is 0 Å². The van der Waals surface area contributed by atoms with Crippen LogP contribution in [0.5, 0.6) is 11.5 Å². The lowest BCUT2D eigenvalue weighted by molar-refractivity contribution is -0.115. The van der Waals surface area contributed by atoms with Gasteiger partial charge >= 0.3 is 0 Å². The van der Waals surface area contributed by atoms with Gasteiger partial charge in [-0.15, -0.1) is 5.10 Å². The molecule has 1 amide bonds. The molecular weight excluding hydrogens is 406 g/mol. The second-order valence-corrected chi connectivity index (χ2v) is 7.57. The molecule has 164 valence electrons. The average molecular weight is 431 g/mol. The summed E-state index contributed by atoms with van der Waals surface area (Å²) in [5, 5.41) is 7.55. The quantitative estimate of drug-likeness (QED) is 0.498. The largest absolute Gasteiger partial charge is 0.497 e. The van der Waals surface area contributed by atoms with E-state index < -0.39 is 0 Å². The predicted molar refractivity (Wildman–Crippen MR) is 122 cm³/mol. The van der Waals surface area contributed by atoms with Gasteiger partial charge in [0.25, 0.3) is 5.78 Å². The van der Waals surface area contributed by atoms with Crippen molar-refractivity contribution in [2.45, 2.75) is 27.2 Å². The molecule has 2 heterocycles. The fraction of sp³-hybridized carbons (Fsp3) is 0.250. The maximum Gasteiger partial charge on any atom is 0.253 e. The van der Waals surface area contributed by atoms with Gasteiger partial charge in [0.05, 0.1) is 26.3 Å². The third-order valence-corrected chi connectivity index (χ3v) is 5.35. The minimum absolute atomic E-state index is 0.148. The molecule has 8 heteroatoms. The highest BCUT2D eigenvalue weighted by molar-refractivity contribution is 5.94. The summed E-state index contributed by atoms with van der Waals surface area (Å²) >= 11 is 0. The van der Waals surface area contributed by atoms with E-state index in [9.17, 15) is 4.79 Å². The van der Waals surface area contributed by atoms with Crippen molar-refractivity contribution >= 4 is 17.4 Å². The molecule has 0 bridgehead atoms. The Balaban J connectivity index is 1.62. The molecule has 4 aromatic rings. The van der Waals surface area contributed by atoms with Crippen LogP contribution in [0.1, 0.15) is 22.5 Å². The van der Waals surface area contributed by atoms with E-state index in [-0.39, 0.29) is 12.3 Å². The number of rotatable bonds is 6. The normalized spacial score (nSPS) is 10.9. The van der Waals surface area contributed by atoms with Crippen molar-refractivity contribution in [2.24, 2.45) is 0 Å². The van der Waals surface area contributed by atoms with Crippen molar-refractivity contribution in [1.29, 1.82) is 0 Å². The van der Waals surface area contributed by atoms with Gasteiger partial charge in [-0.2, -0.15) is 4.98 Å². The van der Waals surface area contributed by atoms with Gasteiger partial charge in [-0.1, -0.05) is 23.8 Å². The molecule has 2 aromatic heterocycles. The lowest BCUT2D eigenvalue weighted by Crippen LogP contribution is -2.18. The summed E-state index contributed by atoms with van der Waals surface area (Å²) in [5.41, 5.74) is 5.02. The highest BCUT2D eigenvalue weighted by Crippen LogP contribution is 2.29. The number of carbonyl (C=O) groups excluding carboxylic acids is 1. The van der Waals surface area contributed by atoms with E-state index in [4.69, 9.17) is 9.47 Å². The SMILES string of the molecule is COc1ccc(NC(=O)Cc2c(C)nc3nc(-c4cccc(C)c4)nn3c2C)c(OC)c1. The van der Waals surface area contributed by atoms with Gasteiger partial charge < -0.3 is 14.8 Å². The molecule has 8 nitrogen and oxygen atoms in total. The van der Waals surface area contributed by atoms with E-state index in [0.29, 0.717) is 28.8 Å². The van der Waals surface area contributed by atoms with Crippen molar-refractivity contribution in [3.63, 3.8) is 0 Å². The van der Waals surface area contributed by atoms with Crippen LogP contribution in [-0.2, 0) is 11.2 Å².